The van der Waals surface area contributed by atoms with Crippen LogP contribution in [-0.2, 0) is 9.53 Å². The van der Waals surface area contributed by atoms with Crippen LogP contribution in [0.15, 0.2) is 0 Å². The number of carboxylic acid groups (broad SMARTS) is 1. The summed E-state index contributed by atoms with van der Waals surface area (Å²) in [6.45, 7) is 1.52. The minimum Gasteiger partial charge on any atom is -0.480 e. The van der Waals surface area contributed by atoms with Crippen molar-refractivity contribution in [3.63, 3.8) is 0 Å². The van der Waals surface area contributed by atoms with Gasteiger partial charge in [0.2, 0.25) is 0 Å². The van der Waals surface area contributed by atoms with Crippen molar-refractivity contribution in [3.05, 3.63) is 0 Å². The molecule has 2 atom stereocenters. The first-order valence-corrected chi connectivity index (χ1v) is 4.92. The van der Waals surface area contributed by atoms with Gasteiger partial charge in [-0.3, -0.25) is 4.79 Å². The zero-order valence-corrected chi connectivity index (χ0v) is 7.55. The molecule has 3 N–H and O–H groups in total. The smallest absolute Gasteiger partial charge is 0.321 e. The molecule has 0 bridgehead atoms. The molecule has 1 fully saturated rings. The molecule has 0 saturated carbocycles. The molecule has 5 heteroatoms. The lowest BCUT2D eigenvalue weighted by Crippen LogP contribution is -2.33. The van der Waals surface area contributed by atoms with Gasteiger partial charge in [-0.2, -0.15) is 11.8 Å². The summed E-state index contributed by atoms with van der Waals surface area (Å²) in [5, 5.41) is 8.93. The lowest BCUT2D eigenvalue weighted by Gasteiger charge is -2.09. The molecule has 0 aliphatic carbocycles. The predicted octanol–water partition coefficient (Wildman–Crippen LogP) is -0.0796. The Labute approximate surface area is 75.5 Å². The van der Waals surface area contributed by atoms with Crippen molar-refractivity contribution in [2.75, 3.05) is 19.0 Å². The Bertz CT molecular complexity index is 159. The molecule has 12 heavy (non-hydrogen) atoms. The van der Waals surface area contributed by atoms with Crippen molar-refractivity contribution < 1.29 is 14.6 Å². The van der Waals surface area contributed by atoms with Crippen LogP contribution in [0.25, 0.3) is 0 Å². The molecule has 0 radical (unpaired) electrons. The van der Waals surface area contributed by atoms with Gasteiger partial charge in [0.15, 0.2) is 0 Å². The van der Waals surface area contributed by atoms with E-state index in [1.165, 1.54) is 0 Å². The van der Waals surface area contributed by atoms with E-state index in [0.29, 0.717) is 11.0 Å². The maximum Gasteiger partial charge on any atom is 0.321 e. The average molecular weight is 191 g/mol. The topological polar surface area (TPSA) is 72.5 Å². The summed E-state index contributed by atoms with van der Waals surface area (Å²) < 4.78 is 5.14. The molecule has 0 spiro atoms. The van der Waals surface area contributed by atoms with Crippen molar-refractivity contribution in [2.24, 2.45) is 5.73 Å². The summed E-state index contributed by atoms with van der Waals surface area (Å²) in [5.41, 5.74) is 5.33. The maximum absolute atomic E-state index is 10.3. The van der Waals surface area contributed by atoms with Gasteiger partial charge in [-0.05, 0) is 6.42 Å². The van der Waals surface area contributed by atoms with E-state index in [-0.39, 0.29) is 0 Å². The van der Waals surface area contributed by atoms with Crippen molar-refractivity contribution in [1.29, 1.82) is 0 Å². The number of nitrogens with two attached hydrogens (primary N) is 1. The summed E-state index contributed by atoms with van der Waals surface area (Å²) in [6.07, 6.45) is 1.01. The van der Waals surface area contributed by atoms with Crippen LogP contribution in [0.2, 0.25) is 0 Å². The van der Waals surface area contributed by atoms with Crippen LogP contribution in [0.3, 0.4) is 0 Å². The Balaban J connectivity index is 2.11. The zero-order valence-electron chi connectivity index (χ0n) is 6.73. The van der Waals surface area contributed by atoms with Crippen LogP contribution in [0, 0.1) is 0 Å². The third-order valence-corrected chi connectivity index (χ3v) is 3.11. The Morgan fingerprint density at radius 2 is 2.58 bits per heavy atom. The third-order valence-electron chi connectivity index (χ3n) is 1.72. The number of thioether (sulfide) groups is 1. The molecule has 1 saturated heterocycles. The summed E-state index contributed by atoms with van der Waals surface area (Å²) in [7, 11) is 0. The van der Waals surface area contributed by atoms with Gasteiger partial charge in [0, 0.05) is 17.6 Å². The van der Waals surface area contributed by atoms with E-state index in [1.54, 1.807) is 11.8 Å². The van der Waals surface area contributed by atoms with E-state index in [4.69, 9.17) is 15.6 Å². The van der Waals surface area contributed by atoms with Gasteiger partial charge in [-0.15, -0.1) is 0 Å². The summed E-state index contributed by atoms with van der Waals surface area (Å²) >= 11 is 1.59. The van der Waals surface area contributed by atoms with Crippen LogP contribution in [0.5, 0.6) is 0 Å². The quantitative estimate of drug-likeness (QED) is 0.650. The average Bonchev–Trinajstić information content (AvgIpc) is 2.51. The Hall–Kier alpha value is -0.260. The number of carbonyl (C=O) groups is 1. The van der Waals surface area contributed by atoms with Gasteiger partial charge in [-0.1, -0.05) is 0 Å². The Morgan fingerprint density at radius 1 is 1.83 bits per heavy atom. The van der Waals surface area contributed by atoms with Crippen molar-refractivity contribution >= 4 is 17.7 Å². The number of hydrogen-bond acceptors (Lipinski definition) is 4. The normalized spacial score (nSPS) is 25.6. The second-order valence-electron chi connectivity index (χ2n) is 2.76. The highest BCUT2D eigenvalue weighted by Gasteiger charge is 2.19. The van der Waals surface area contributed by atoms with Crippen LogP contribution in [-0.4, -0.2) is 41.3 Å². The Kier molecular flexibility index (Phi) is 3.84. The molecule has 4 nitrogen and oxygen atoms in total. The summed E-state index contributed by atoms with van der Waals surface area (Å²) in [4.78, 5) is 10.3. The van der Waals surface area contributed by atoms with E-state index in [9.17, 15) is 4.79 Å². The molecule has 1 rings (SSSR count). The molecular formula is C7H13NO3S. The molecule has 0 aromatic heterocycles. The van der Waals surface area contributed by atoms with Gasteiger partial charge in [-0.25, -0.2) is 0 Å². The molecule has 1 heterocycles. The fourth-order valence-corrected chi connectivity index (χ4v) is 2.03. The standard InChI is InChI=1S/C7H13NO3S/c8-6(7(9)10)4-12-5-1-2-11-3-5/h5-6H,1-4,8H2,(H,9,10)/t5?,6-/m1/s1. The first kappa shape index (κ1) is 9.83. The van der Waals surface area contributed by atoms with Gasteiger partial charge in [0.25, 0.3) is 0 Å². The molecule has 1 aliphatic heterocycles. The van der Waals surface area contributed by atoms with Crippen molar-refractivity contribution in [3.8, 4) is 0 Å². The highest BCUT2D eigenvalue weighted by atomic mass is 32.2. The van der Waals surface area contributed by atoms with Gasteiger partial charge < -0.3 is 15.6 Å². The van der Waals surface area contributed by atoms with Gasteiger partial charge in [0.05, 0.1) is 6.61 Å². The van der Waals surface area contributed by atoms with Crippen LogP contribution < -0.4 is 5.73 Å². The second kappa shape index (κ2) is 4.69. The van der Waals surface area contributed by atoms with E-state index in [0.717, 1.165) is 19.6 Å². The van der Waals surface area contributed by atoms with Crippen molar-refractivity contribution in [1.82, 2.24) is 0 Å². The maximum atomic E-state index is 10.3. The summed E-state index contributed by atoms with van der Waals surface area (Å²) in [6, 6.07) is -0.740. The lowest BCUT2D eigenvalue weighted by atomic mass is 10.4. The highest BCUT2D eigenvalue weighted by Crippen LogP contribution is 2.20. The third kappa shape index (κ3) is 3.00. The molecule has 0 aromatic carbocycles. The fourth-order valence-electron chi connectivity index (χ4n) is 0.955. The van der Waals surface area contributed by atoms with Crippen molar-refractivity contribution in [2.45, 2.75) is 17.7 Å². The minimum absolute atomic E-state index is 0.440. The van der Waals surface area contributed by atoms with Gasteiger partial charge >= 0.3 is 5.97 Å². The first-order chi connectivity index (χ1) is 5.70. The molecule has 1 aliphatic rings. The monoisotopic (exact) mass is 191 g/mol. The largest absolute Gasteiger partial charge is 0.480 e. The number of hydrogen-bond donors (Lipinski definition) is 2. The van der Waals surface area contributed by atoms with Crippen LogP contribution >= 0.6 is 11.8 Å². The molecule has 70 valence electrons. The zero-order chi connectivity index (χ0) is 8.97. The number of aliphatic carboxylic acids is 1. The molecule has 1 unspecified atom stereocenters. The second-order valence-corrected chi connectivity index (χ2v) is 4.10. The predicted molar refractivity (Wildman–Crippen MR) is 47.3 cm³/mol. The number of rotatable bonds is 4. The van der Waals surface area contributed by atoms with Crippen LogP contribution in [0.4, 0.5) is 0 Å². The molecule has 0 aromatic rings. The van der Waals surface area contributed by atoms with E-state index in [1.807, 2.05) is 0 Å². The molecule has 0 amide bonds. The SMILES string of the molecule is N[C@H](CSC1CCOC1)C(=O)O. The van der Waals surface area contributed by atoms with E-state index in [2.05, 4.69) is 0 Å². The summed E-state index contributed by atoms with van der Waals surface area (Å²) in [5.74, 6) is -0.454. The van der Waals surface area contributed by atoms with Crippen LogP contribution in [0.1, 0.15) is 6.42 Å². The minimum atomic E-state index is -0.929. The highest BCUT2D eigenvalue weighted by molar-refractivity contribution is 8.00. The van der Waals surface area contributed by atoms with Gasteiger partial charge in [0.1, 0.15) is 6.04 Å². The van der Waals surface area contributed by atoms with E-state index < -0.39 is 12.0 Å². The lowest BCUT2D eigenvalue weighted by molar-refractivity contribution is -0.137. The number of ether oxygens (including phenoxy) is 1. The van der Waals surface area contributed by atoms with E-state index >= 15 is 0 Å². The fraction of sp³-hybridized carbons (Fsp3) is 0.857. The first-order valence-electron chi connectivity index (χ1n) is 3.88. The number of carboxylic acids is 1. The Morgan fingerprint density at radius 3 is 3.08 bits per heavy atom. The molecular weight excluding hydrogens is 178 g/mol.